The number of carbonyl (C=O) groups is 3. The second kappa shape index (κ2) is 8.78. The Hall–Kier alpha value is -2.67. The molecule has 0 aliphatic carbocycles. The summed E-state index contributed by atoms with van der Waals surface area (Å²) in [7, 11) is 0. The minimum absolute atomic E-state index is 0.0568. The van der Waals surface area contributed by atoms with E-state index in [1.807, 2.05) is 39.0 Å². The molecule has 1 aliphatic heterocycles. The van der Waals surface area contributed by atoms with Crippen molar-refractivity contribution < 1.29 is 14.4 Å². The monoisotopic (exact) mass is 457 g/mol. The lowest BCUT2D eigenvalue weighted by molar-refractivity contribution is -0.122. The van der Waals surface area contributed by atoms with Gasteiger partial charge >= 0.3 is 0 Å². The molecule has 7 heteroatoms. The van der Waals surface area contributed by atoms with Crippen LogP contribution in [-0.2, 0) is 14.4 Å². The zero-order valence-electron chi connectivity index (χ0n) is 16.7. The van der Waals surface area contributed by atoms with Gasteiger partial charge in [-0.25, -0.2) is 0 Å². The van der Waals surface area contributed by atoms with E-state index in [1.165, 1.54) is 0 Å². The van der Waals surface area contributed by atoms with Gasteiger partial charge in [-0.2, -0.15) is 0 Å². The van der Waals surface area contributed by atoms with E-state index in [0.717, 1.165) is 15.7 Å². The molecular weight excluding hydrogens is 434 g/mol. The third-order valence-electron chi connectivity index (χ3n) is 4.89. The molecule has 1 unspecified atom stereocenters. The topological polar surface area (TPSA) is 78.5 Å². The Kier molecular flexibility index (Phi) is 6.37. The summed E-state index contributed by atoms with van der Waals surface area (Å²) in [6, 6.07) is 12.7. The molecule has 0 bridgehead atoms. The fraction of sp³-hybridized carbons (Fsp3) is 0.318. The molecule has 0 saturated carbocycles. The maximum atomic E-state index is 12.6. The third-order valence-corrected chi connectivity index (χ3v) is 5.78. The van der Waals surface area contributed by atoms with Gasteiger partial charge in [0, 0.05) is 40.4 Å². The number of rotatable bonds is 5. The molecule has 6 nitrogen and oxygen atoms in total. The number of hydrogen-bond donors (Lipinski definition) is 2. The maximum absolute atomic E-state index is 12.6. The Morgan fingerprint density at radius 2 is 1.69 bits per heavy atom. The Morgan fingerprint density at radius 1 is 1.07 bits per heavy atom. The number of amides is 3. The molecule has 0 aromatic heterocycles. The zero-order valence-corrected chi connectivity index (χ0v) is 18.2. The first-order valence-electron chi connectivity index (χ1n) is 9.53. The predicted molar refractivity (Wildman–Crippen MR) is 118 cm³/mol. The first-order chi connectivity index (χ1) is 13.7. The quantitative estimate of drug-likeness (QED) is 0.700. The van der Waals surface area contributed by atoms with E-state index in [-0.39, 0.29) is 30.1 Å². The van der Waals surface area contributed by atoms with E-state index in [1.54, 1.807) is 29.2 Å². The van der Waals surface area contributed by atoms with Crippen LogP contribution in [0.3, 0.4) is 0 Å². The minimum atomic E-state index is -0.410. The molecule has 152 valence electrons. The number of nitrogens with zero attached hydrogens (tertiary/aromatic N) is 1. The van der Waals surface area contributed by atoms with Crippen molar-refractivity contribution in [1.82, 2.24) is 0 Å². The van der Waals surface area contributed by atoms with Crippen LogP contribution in [0.2, 0.25) is 0 Å². The molecule has 1 heterocycles. The normalized spacial score (nSPS) is 16.2. The molecule has 0 radical (unpaired) electrons. The van der Waals surface area contributed by atoms with Gasteiger partial charge in [0.25, 0.3) is 0 Å². The molecule has 1 aliphatic rings. The molecule has 0 spiro atoms. The molecule has 29 heavy (non-hydrogen) atoms. The molecule has 2 aromatic carbocycles. The summed E-state index contributed by atoms with van der Waals surface area (Å²) >= 11 is 3.46. The van der Waals surface area contributed by atoms with E-state index in [4.69, 9.17) is 0 Å². The van der Waals surface area contributed by atoms with Crippen molar-refractivity contribution in [1.29, 1.82) is 0 Å². The van der Waals surface area contributed by atoms with Crippen LogP contribution in [0, 0.1) is 18.8 Å². The second-order valence-electron chi connectivity index (χ2n) is 7.55. The summed E-state index contributed by atoms with van der Waals surface area (Å²) in [5, 5.41) is 5.67. The number of halogens is 1. The van der Waals surface area contributed by atoms with Crippen molar-refractivity contribution in [2.24, 2.45) is 11.8 Å². The number of carbonyl (C=O) groups excluding carboxylic acids is 3. The highest BCUT2D eigenvalue weighted by molar-refractivity contribution is 9.10. The van der Waals surface area contributed by atoms with E-state index in [9.17, 15) is 14.4 Å². The van der Waals surface area contributed by atoms with Gasteiger partial charge in [0.15, 0.2) is 0 Å². The lowest BCUT2D eigenvalue weighted by Gasteiger charge is -2.18. The van der Waals surface area contributed by atoms with E-state index >= 15 is 0 Å². The van der Waals surface area contributed by atoms with E-state index in [0.29, 0.717) is 17.9 Å². The van der Waals surface area contributed by atoms with Crippen molar-refractivity contribution in [3.8, 4) is 0 Å². The SMILES string of the molecule is Cc1cc(N2CC(C(=O)Nc3ccc(NC(=O)C(C)C)cc3)CC2=O)ccc1Br. The van der Waals surface area contributed by atoms with E-state index < -0.39 is 5.92 Å². The van der Waals surface area contributed by atoms with Gasteiger partial charge < -0.3 is 15.5 Å². The second-order valence-corrected chi connectivity index (χ2v) is 8.40. The Balaban J connectivity index is 1.62. The van der Waals surface area contributed by atoms with Crippen molar-refractivity contribution in [2.75, 3.05) is 22.1 Å². The summed E-state index contributed by atoms with van der Waals surface area (Å²) < 4.78 is 0.982. The Labute approximate surface area is 178 Å². The van der Waals surface area contributed by atoms with Crippen LogP contribution >= 0.6 is 15.9 Å². The molecule has 2 aromatic rings. The summed E-state index contributed by atoms with van der Waals surface area (Å²) in [4.78, 5) is 38.5. The molecule has 3 amide bonds. The molecule has 1 saturated heterocycles. The fourth-order valence-corrected chi connectivity index (χ4v) is 3.34. The van der Waals surface area contributed by atoms with Crippen LogP contribution in [0.25, 0.3) is 0 Å². The maximum Gasteiger partial charge on any atom is 0.229 e. The van der Waals surface area contributed by atoms with Crippen LogP contribution in [0.5, 0.6) is 0 Å². The van der Waals surface area contributed by atoms with Crippen LogP contribution < -0.4 is 15.5 Å². The van der Waals surface area contributed by atoms with Gasteiger partial charge in [-0.05, 0) is 55.0 Å². The number of benzene rings is 2. The summed E-state index contributed by atoms with van der Waals surface area (Å²) in [6.45, 7) is 5.97. The number of aryl methyl sites for hydroxylation is 1. The van der Waals surface area contributed by atoms with Crippen LogP contribution in [0.4, 0.5) is 17.1 Å². The smallest absolute Gasteiger partial charge is 0.229 e. The van der Waals surface area contributed by atoms with Crippen LogP contribution in [-0.4, -0.2) is 24.3 Å². The number of anilines is 3. The molecule has 1 fully saturated rings. The predicted octanol–water partition coefficient (Wildman–Crippen LogP) is 4.34. The minimum Gasteiger partial charge on any atom is -0.326 e. The Bertz CT molecular complexity index is 941. The standard InChI is InChI=1S/C22H24BrN3O3/c1-13(2)21(28)24-16-4-6-17(7-5-16)25-22(29)15-11-20(27)26(12-15)18-8-9-19(23)14(3)10-18/h4-10,13,15H,11-12H2,1-3H3,(H,24,28)(H,25,29). The van der Waals surface area contributed by atoms with Crippen molar-refractivity contribution in [3.63, 3.8) is 0 Å². The highest BCUT2D eigenvalue weighted by Crippen LogP contribution is 2.29. The van der Waals surface area contributed by atoms with Gasteiger partial charge in [-0.3, -0.25) is 14.4 Å². The number of hydrogen-bond acceptors (Lipinski definition) is 3. The van der Waals surface area contributed by atoms with Crippen molar-refractivity contribution >= 4 is 50.7 Å². The molecule has 1 atom stereocenters. The molecule has 3 rings (SSSR count). The number of nitrogens with one attached hydrogen (secondary N) is 2. The van der Waals surface area contributed by atoms with E-state index in [2.05, 4.69) is 26.6 Å². The summed E-state index contributed by atoms with van der Waals surface area (Å²) in [5.41, 5.74) is 3.14. The highest BCUT2D eigenvalue weighted by atomic mass is 79.9. The largest absolute Gasteiger partial charge is 0.326 e. The van der Waals surface area contributed by atoms with Gasteiger partial charge in [0.05, 0.1) is 5.92 Å². The van der Waals surface area contributed by atoms with Gasteiger partial charge in [0.2, 0.25) is 17.7 Å². The lowest BCUT2D eigenvalue weighted by Crippen LogP contribution is -2.28. The third kappa shape index (κ3) is 5.03. The summed E-state index contributed by atoms with van der Waals surface area (Å²) in [6.07, 6.45) is 0.184. The van der Waals surface area contributed by atoms with Crippen molar-refractivity contribution in [3.05, 3.63) is 52.5 Å². The van der Waals surface area contributed by atoms with Gasteiger partial charge in [0.1, 0.15) is 0 Å². The Morgan fingerprint density at radius 3 is 2.28 bits per heavy atom. The first-order valence-corrected chi connectivity index (χ1v) is 10.3. The van der Waals surface area contributed by atoms with Gasteiger partial charge in [-0.15, -0.1) is 0 Å². The van der Waals surface area contributed by atoms with Crippen LogP contribution in [0.1, 0.15) is 25.8 Å². The van der Waals surface area contributed by atoms with Gasteiger partial charge in [-0.1, -0.05) is 29.8 Å². The molecule has 2 N–H and O–H groups in total. The van der Waals surface area contributed by atoms with Crippen LogP contribution in [0.15, 0.2) is 46.9 Å². The average molecular weight is 458 g/mol. The first kappa shape index (κ1) is 21.0. The highest BCUT2D eigenvalue weighted by Gasteiger charge is 2.35. The summed E-state index contributed by atoms with van der Waals surface area (Å²) in [5.74, 6) is -0.819. The molecular formula is C22H24BrN3O3. The fourth-order valence-electron chi connectivity index (χ4n) is 3.10. The van der Waals surface area contributed by atoms with Crippen molar-refractivity contribution in [2.45, 2.75) is 27.2 Å². The average Bonchev–Trinajstić information content (AvgIpc) is 3.07. The lowest BCUT2D eigenvalue weighted by atomic mass is 10.1. The zero-order chi connectivity index (χ0) is 21.1.